The van der Waals surface area contributed by atoms with Crippen LogP contribution in [0.1, 0.15) is 19.8 Å². The third-order valence-electron chi connectivity index (χ3n) is 2.94. The van der Waals surface area contributed by atoms with E-state index in [1.165, 1.54) is 0 Å². The lowest BCUT2D eigenvalue weighted by Gasteiger charge is -2.30. The second-order valence-electron chi connectivity index (χ2n) is 4.63. The Balaban J connectivity index is 4.77. The van der Waals surface area contributed by atoms with Crippen LogP contribution in [0.4, 0.5) is 0 Å². The second kappa shape index (κ2) is 12.0. The summed E-state index contributed by atoms with van der Waals surface area (Å²) in [5.41, 5.74) is -0.788. The van der Waals surface area contributed by atoms with E-state index < -0.39 is 23.3 Å². The summed E-state index contributed by atoms with van der Waals surface area (Å²) in [4.78, 5) is 34.0. The van der Waals surface area contributed by atoms with Gasteiger partial charge in [-0.3, -0.25) is 14.4 Å². The van der Waals surface area contributed by atoms with Crippen molar-refractivity contribution in [2.45, 2.75) is 19.8 Å². The fourth-order valence-corrected chi connectivity index (χ4v) is 1.75. The molecule has 0 bridgehead atoms. The van der Waals surface area contributed by atoms with E-state index in [1.54, 1.807) is 0 Å². The number of hydrogen-bond acceptors (Lipinski definition) is 9. The highest BCUT2D eigenvalue weighted by Gasteiger charge is 2.34. The first-order valence-corrected chi connectivity index (χ1v) is 8.62. The Morgan fingerprint density at radius 3 is 1.55 bits per heavy atom. The molecule has 0 saturated heterocycles. The Labute approximate surface area is 146 Å². The van der Waals surface area contributed by atoms with Gasteiger partial charge in [0.05, 0.1) is 23.3 Å². The molecule has 0 amide bonds. The maximum Gasteiger partial charge on any atom is 0.315 e. The lowest BCUT2D eigenvalue weighted by molar-refractivity contribution is -0.159. The third-order valence-corrected chi connectivity index (χ3v) is 3.68. The average molecular weight is 371 g/mol. The van der Waals surface area contributed by atoms with Crippen molar-refractivity contribution in [2.24, 2.45) is 5.41 Å². The predicted molar refractivity (Wildman–Crippen MR) is 91.8 cm³/mol. The van der Waals surface area contributed by atoms with Gasteiger partial charge in [-0.1, -0.05) is 6.92 Å². The average Bonchev–Trinajstić information content (AvgIpc) is 2.54. The van der Waals surface area contributed by atoms with Crippen molar-refractivity contribution in [1.29, 1.82) is 0 Å². The Morgan fingerprint density at radius 1 is 0.818 bits per heavy atom. The van der Waals surface area contributed by atoms with E-state index in [0.717, 1.165) is 0 Å². The predicted octanol–water partition coefficient (Wildman–Crippen LogP) is 1.19. The summed E-state index contributed by atoms with van der Waals surface area (Å²) >= 11 is 11.6. The van der Waals surface area contributed by atoms with Gasteiger partial charge in [0.15, 0.2) is 0 Å². The highest BCUT2D eigenvalue weighted by Crippen LogP contribution is 2.24. The van der Waals surface area contributed by atoms with Crippen LogP contribution in [0.2, 0.25) is 0 Å². The molecule has 0 aliphatic rings. The van der Waals surface area contributed by atoms with E-state index in [2.05, 4.69) is 37.9 Å². The van der Waals surface area contributed by atoms with E-state index >= 15 is 0 Å². The number of esters is 3. The molecule has 0 aromatic rings. The molecule has 0 saturated carbocycles. The monoisotopic (exact) mass is 370 g/mol. The molecule has 0 heterocycles. The van der Waals surface area contributed by atoms with Crippen molar-refractivity contribution >= 4 is 55.8 Å². The maximum absolute atomic E-state index is 11.5. The number of carbonyl (C=O) groups is 3. The molecule has 0 N–H and O–H groups in total. The molecule has 128 valence electrons. The first-order valence-electron chi connectivity index (χ1n) is 6.72. The zero-order chi connectivity index (χ0) is 17.0. The van der Waals surface area contributed by atoms with Crippen LogP contribution >= 0.6 is 37.9 Å². The van der Waals surface area contributed by atoms with Crippen LogP contribution in [0.15, 0.2) is 0 Å². The van der Waals surface area contributed by atoms with Gasteiger partial charge in [-0.05, 0) is 6.42 Å². The molecule has 0 unspecified atom stereocenters. The van der Waals surface area contributed by atoms with Gasteiger partial charge in [0.1, 0.15) is 19.8 Å². The molecule has 0 rings (SSSR count). The minimum Gasteiger partial charge on any atom is -0.465 e. The van der Waals surface area contributed by atoms with E-state index in [-0.39, 0.29) is 37.7 Å². The minimum absolute atomic E-state index is 0.0180. The van der Waals surface area contributed by atoms with Crippen molar-refractivity contribution in [3.8, 4) is 0 Å². The fraction of sp³-hybridized carbons (Fsp3) is 0.769. The molecule has 0 aliphatic heterocycles. The lowest BCUT2D eigenvalue weighted by Crippen LogP contribution is -2.39. The SMILES string of the molecule is CCC(COC(=O)CS)(COC(=O)CS)COC(=O)CCS. The van der Waals surface area contributed by atoms with Crippen LogP contribution in [0.3, 0.4) is 0 Å². The van der Waals surface area contributed by atoms with Crippen LogP contribution in [-0.4, -0.2) is 55.0 Å². The van der Waals surface area contributed by atoms with E-state index in [0.29, 0.717) is 12.2 Å². The molecule has 6 nitrogen and oxygen atoms in total. The van der Waals surface area contributed by atoms with Gasteiger partial charge in [-0.15, -0.1) is 0 Å². The molecule has 9 heteroatoms. The van der Waals surface area contributed by atoms with E-state index in [4.69, 9.17) is 14.2 Å². The Hall–Kier alpha value is -0.540. The van der Waals surface area contributed by atoms with Crippen LogP contribution in [0.25, 0.3) is 0 Å². The van der Waals surface area contributed by atoms with Crippen LogP contribution in [0.5, 0.6) is 0 Å². The molecule has 0 spiro atoms. The molecule has 0 aliphatic carbocycles. The third kappa shape index (κ3) is 8.79. The fourth-order valence-electron chi connectivity index (χ4n) is 1.39. The molecule has 0 radical (unpaired) electrons. The Bertz CT molecular complexity index is 355. The second-order valence-corrected chi connectivity index (χ2v) is 5.71. The quantitative estimate of drug-likeness (QED) is 0.288. The van der Waals surface area contributed by atoms with Crippen LogP contribution < -0.4 is 0 Å². The van der Waals surface area contributed by atoms with Gasteiger partial charge in [0.2, 0.25) is 0 Å². The first kappa shape index (κ1) is 21.5. The summed E-state index contributed by atoms with van der Waals surface area (Å²) in [5.74, 6) is -1.15. The summed E-state index contributed by atoms with van der Waals surface area (Å²) in [5, 5.41) is 0. The zero-order valence-corrected chi connectivity index (χ0v) is 15.1. The highest BCUT2D eigenvalue weighted by atomic mass is 32.1. The summed E-state index contributed by atoms with van der Waals surface area (Å²) in [6, 6.07) is 0. The van der Waals surface area contributed by atoms with Crippen molar-refractivity contribution in [3.63, 3.8) is 0 Å². The van der Waals surface area contributed by atoms with Crippen molar-refractivity contribution in [1.82, 2.24) is 0 Å². The first-order chi connectivity index (χ1) is 10.4. The Morgan fingerprint density at radius 2 is 1.23 bits per heavy atom. The standard InChI is InChI=1S/C13H22O6S3/c1-2-13(8-18-11(15)5-21,9-19-12(16)6-22)7-17-10(14)3-4-20/h20-22H,2-9H2,1H3. The van der Waals surface area contributed by atoms with E-state index in [1.807, 2.05) is 6.92 Å². The van der Waals surface area contributed by atoms with Gasteiger partial charge in [-0.25, -0.2) is 0 Å². The van der Waals surface area contributed by atoms with Gasteiger partial charge < -0.3 is 14.2 Å². The Kier molecular flexibility index (Phi) is 11.7. The van der Waals surface area contributed by atoms with Crippen LogP contribution in [0, 0.1) is 5.41 Å². The summed E-state index contributed by atoms with van der Waals surface area (Å²) in [6.07, 6.45) is 0.663. The van der Waals surface area contributed by atoms with E-state index in [9.17, 15) is 14.4 Å². The number of hydrogen-bond donors (Lipinski definition) is 3. The topological polar surface area (TPSA) is 78.9 Å². The molecular formula is C13H22O6S3. The molecule has 0 aromatic heterocycles. The number of carbonyl (C=O) groups excluding carboxylic acids is 3. The zero-order valence-electron chi connectivity index (χ0n) is 12.4. The number of rotatable bonds is 11. The maximum atomic E-state index is 11.5. The highest BCUT2D eigenvalue weighted by molar-refractivity contribution is 7.81. The lowest BCUT2D eigenvalue weighted by atomic mass is 9.88. The molecule has 0 aromatic carbocycles. The normalized spacial score (nSPS) is 10.9. The molecule has 0 fully saturated rings. The smallest absolute Gasteiger partial charge is 0.315 e. The number of ether oxygens (including phenoxy) is 3. The van der Waals surface area contributed by atoms with Gasteiger partial charge in [-0.2, -0.15) is 37.9 Å². The molecule has 0 atom stereocenters. The van der Waals surface area contributed by atoms with Crippen LogP contribution in [-0.2, 0) is 28.6 Å². The summed E-state index contributed by atoms with van der Waals surface area (Å²) < 4.78 is 15.3. The number of thiol groups is 3. The largest absolute Gasteiger partial charge is 0.465 e. The van der Waals surface area contributed by atoms with Gasteiger partial charge in [0, 0.05) is 5.75 Å². The van der Waals surface area contributed by atoms with Crippen molar-refractivity contribution in [2.75, 3.05) is 37.1 Å². The minimum atomic E-state index is -0.788. The van der Waals surface area contributed by atoms with Gasteiger partial charge >= 0.3 is 17.9 Å². The summed E-state index contributed by atoms with van der Waals surface area (Å²) in [7, 11) is 0. The molecular weight excluding hydrogens is 348 g/mol. The molecule has 22 heavy (non-hydrogen) atoms. The van der Waals surface area contributed by atoms with Gasteiger partial charge in [0.25, 0.3) is 0 Å². The van der Waals surface area contributed by atoms with Crippen molar-refractivity contribution in [3.05, 3.63) is 0 Å². The van der Waals surface area contributed by atoms with Crippen molar-refractivity contribution < 1.29 is 28.6 Å². The summed E-state index contributed by atoms with van der Waals surface area (Å²) in [6.45, 7) is 1.75.